The van der Waals surface area contributed by atoms with Gasteiger partial charge in [-0.15, -0.1) is 0 Å². The van der Waals surface area contributed by atoms with Gasteiger partial charge in [-0.05, 0) is 101 Å². The molecule has 6 aromatic rings. The summed E-state index contributed by atoms with van der Waals surface area (Å²) in [6.45, 7) is 4.33. The third-order valence-electron chi connectivity index (χ3n) is 10.7. The molecule has 0 radical (unpaired) electrons. The van der Waals surface area contributed by atoms with Crippen LogP contribution in [0.3, 0.4) is 0 Å². The zero-order chi connectivity index (χ0) is 32.0. The van der Waals surface area contributed by atoms with Gasteiger partial charge in [0.2, 0.25) is 0 Å². The highest BCUT2D eigenvalue weighted by Gasteiger charge is 2.57. The van der Waals surface area contributed by atoms with E-state index in [2.05, 4.69) is 158 Å². The van der Waals surface area contributed by atoms with Crippen molar-refractivity contribution in [3.05, 3.63) is 185 Å². The van der Waals surface area contributed by atoms with Crippen LogP contribution in [-0.2, 0) is 5.41 Å². The number of nitrogens with zero attached hydrogens (tertiary/aromatic N) is 1. The van der Waals surface area contributed by atoms with Crippen molar-refractivity contribution in [2.45, 2.75) is 25.2 Å². The molecular formula is C45H33NO2. The van der Waals surface area contributed by atoms with E-state index in [9.17, 15) is 0 Å². The van der Waals surface area contributed by atoms with Crippen molar-refractivity contribution in [2.24, 2.45) is 5.92 Å². The van der Waals surface area contributed by atoms with E-state index in [1.807, 2.05) is 12.1 Å². The number of fused-ring (bicyclic) bond motifs is 12. The molecule has 3 nitrogen and oxygen atoms in total. The summed E-state index contributed by atoms with van der Waals surface area (Å²) in [5.74, 6) is 3.39. The zero-order valence-electron chi connectivity index (χ0n) is 26.9. The lowest BCUT2D eigenvalue weighted by atomic mass is 9.65. The highest BCUT2D eigenvalue weighted by atomic mass is 16.6. The molecule has 0 saturated carbocycles. The van der Waals surface area contributed by atoms with Crippen molar-refractivity contribution < 1.29 is 9.47 Å². The fourth-order valence-corrected chi connectivity index (χ4v) is 8.83. The Morgan fingerprint density at radius 2 is 1.27 bits per heavy atom. The Bertz CT molecular complexity index is 2300. The molecular weight excluding hydrogens is 587 g/mol. The standard InChI is InChI=1S/C45H33NO2/c1-28-12-10-15-31(24-28)46(30-13-4-3-5-14-30)40-20-11-21-41-44(40)48-43-27-39-35(26-42(43)47-41)34-25-29(2)22-23-38(34)45(39)36-18-8-6-16-32(36)33-17-7-9-19-37(33)45/h3-27,34,38H,1-2H3. The number of para-hydroxylation sites is 2. The topological polar surface area (TPSA) is 21.7 Å². The molecule has 1 spiro atoms. The minimum atomic E-state index is -0.337. The van der Waals surface area contributed by atoms with E-state index in [4.69, 9.17) is 9.47 Å². The van der Waals surface area contributed by atoms with Crippen LogP contribution in [0.2, 0.25) is 0 Å². The first kappa shape index (κ1) is 27.3. The zero-order valence-corrected chi connectivity index (χ0v) is 26.9. The van der Waals surface area contributed by atoms with Crippen molar-refractivity contribution >= 4 is 17.1 Å². The van der Waals surface area contributed by atoms with Crippen molar-refractivity contribution in [1.29, 1.82) is 0 Å². The summed E-state index contributed by atoms with van der Waals surface area (Å²) in [4.78, 5) is 2.26. The van der Waals surface area contributed by atoms with Crippen molar-refractivity contribution in [3.63, 3.8) is 0 Å². The van der Waals surface area contributed by atoms with Gasteiger partial charge in [0.1, 0.15) is 0 Å². The largest absolute Gasteiger partial charge is 0.449 e. The number of rotatable bonds is 3. The second-order valence-corrected chi connectivity index (χ2v) is 13.4. The third-order valence-corrected chi connectivity index (χ3v) is 10.7. The van der Waals surface area contributed by atoms with E-state index >= 15 is 0 Å². The van der Waals surface area contributed by atoms with E-state index in [0.29, 0.717) is 11.5 Å². The molecule has 0 fully saturated rings. The van der Waals surface area contributed by atoms with Crippen LogP contribution in [0.4, 0.5) is 17.1 Å². The molecule has 0 bridgehead atoms. The van der Waals surface area contributed by atoms with Gasteiger partial charge in [-0.2, -0.15) is 0 Å². The van der Waals surface area contributed by atoms with Crippen LogP contribution in [0, 0.1) is 12.8 Å². The lowest BCUT2D eigenvalue weighted by Gasteiger charge is -2.36. The van der Waals surface area contributed by atoms with Gasteiger partial charge in [0, 0.05) is 23.2 Å². The van der Waals surface area contributed by atoms with Crippen LogP contribution in [-0.4, -0.2) is 0 Å². The number of aryl methyl sites for hydroxylation is 1. The molecule has 230 valence electrons. The number of allylic oxidation sites excluding steroid dienone is 4. The molecule has 10 rings (SSSR count). The lowest BCUT2D eigenvalue weighted by Crippen LogP contribution is -2.33. The maximum Gasteiger partial charge on any atom is 0.194 e. The normalized spacial score (nSPS) is 18.3. The Kier molecular flexibility index (Phi) is 5.75. The van der Waals surface area contributed by atoms with Gasteiger partial charge in [0.15, 0.2) is 23.0 Å². The predicted octanol–water partition coefficient (Wildman–Crippen LogP) is 11.9. The Hall–Kier alpha value is -5.80. The highest BCUT2D eigenvalue weighted by molar-refractivity contribution is 5.87. The van der Waals surface area contributed by atoms with Gasteiger partial charge < -0.3 is 14.4 Å². The number of ether oxygens (including phenoxy) is 2. The molecule has 3 heteroatoms. The van der Waals surface area contributed by atoms with Gasteiger partial charge >= 0.3 is 0 Å². The molecule has 0 N–H and O–H groups in total. The molecule has 1 aliphatic heterocycles. The number of benzene rings is 6. The average molecular weight is 620 g/mol. The summed E-state index contributed by atoms with van der Waals surface area (Å²) in [5, 5.41) is 0. The Labute approximate surface area is 281 Å². The molecule has 3 aliphatic carbocycles. The monoisotopic (exact) mass is 619 g/mol. The molecule has 0 saturated heterocycles. The van der Waals surface area contributed by atoms with Crippen LogP contribution < -0.4 is 14.4 Å². The molecule has 0 amide bonds. The minimum absolute atomic E-state index is 0.223. The van der Waals surface area contributed by atoms with Gasteiger partial charge in [-0.1, -0.05) is 109 Å². The molecule has 4 aliphatic rings. The molecule has 48 heavy (non-hydrogen) atoms. The maximum absolute atomic E-state index is 7.04. The summed E-state index contributed by atoms with van der Waals surface area (Å²) in [5.41, 5.74) is 13.2. The predicted molar refractivity (Wildman–Crippen MR) is 193 cm³/mol. The fraction of sp³-hybridized carbons (Fsp3) is 0.111. The van der Waals surface area contributed by atoms with Crippen molar-refractivity contribution in [3.8, 4) is 34.1 Å². The fourth-order valence-electron chi connectivity index (χ4n) is 8.83. The number of hydrogen-bond donors (Lipinski definition) is 0. The molecule has 2 atom stereocenters. The van der Waals surface area contributed by atoms with Crippen molar-refractivity contribution in [2.75, 3.05) is 4.90 Å². The Morgan fingerprint density at radius 3 is 2.04 bits per heavy atom. The van der Waals surface area contributed by atoms with Crippen LogP contribution in [0.15, 0.2) is 157 Å². The van der Waals surface area contributed by atoms with E-state index in [0.717, 1.165) is 28.6 Å². The quantitative estimate of drug-likeness (QED) is 0.196. The summed E-state index contributed by atoms with van der Waals surface area (Å²) < 4.78 is 13.8. The first-order valence-corrected chi connectivity index (χ1v) is 16.8. The smallest absolute Gasteiger partial charge is 0.194 e. The van der Waals surface area contributed by atoms with E-state index < -0.39 is 0 Å². The van der Waals surface area contributed by atoms with Gasteiger partial charge in [-0.3, -0.25) is 0 Å². The van der Waals surface area contributed by atoms with E-state index in [1.165, 1.54) is 44.5 Å². The van der Waals surface area contributed by atoms with Gasteiger partial charge in [0.25, 0.3) is 0 Å². The highest BCUT2D eigenvalue weighted by Crippen LogP contribution is 2.67. The molecule has 2 unspecified atom stereocenters. The summed E-state index contributed by atoms with van der Waals surface area (Å²) in [7, 11) is 0. The van der Waals surface area contributed by atoms with E-state index in [-0.39, 0.29) is 17.3 Å². The summed E-state index contributed by atoms with van der Waals surface area (Å²) in [6.07, 6.45) is 7.20. The van der Waals surface area contributed by atoms with Crippen molar-refractivity contribution in [1.82, 2.24) is 0 Å². The molecule has 0 aromatic heterocycles. The second-order valence-electron chi connectivity index (χ2n) is 13.4. The van der Waals surface area contributed by atoms with Crippen LogP contribution in [0.5, 0.6) is 23.0 Å². The van der Waals surface area contributed by atoms with E-state index in [1.54, 1.807) is 0 Å². The lowest BCUT2D eigenvalue weighted by molar-refractivity contribution is 0.359. The minimum Gasteiger partial charge on any atom is -0.449 e. The van der Waals surface area contributed by atoms with Crippen LogP contribution >= 0.6 is 0 Å². The maximum atomic E-state index is 7.04. The van der Waals surface area contributed by atoms with Gasteiger partial charge in [0.05, 0.1) is 11.1 Å². The Balaban J connectivity index is 1.18. The second kappa shape index (κ2) is 10.1. The van der Waals surface area contributed by atoms with Crippen LogP contribution in [0.25, 0.3) is 11.1 Å². The SMILES string of the molecule is CC1=CC2c3cc4c(cc3C3(c5ccccc5-c5ccccc53)C2C=C1)Oc1c(cccc1N(c1ccccc1)c1cccc(C)c1)O4. The summed E-state index contributed by atoms with van der Waals surface area (Å²) >= 11 is 0. The number of anilines is 3. The first-order chi connectivity index (χ1) is 23.6. The molecule has 1 heterocycles. The molecule has 6 aromatic carbocycles. The third kappa shape index (κ3) is 3.70. The number of hydrogen-bond acceptors (Lipinski definition) is 3. The van der Waals surface area contributed by atoms with Crippen LogP contribution in [0.1, 0.15) is 40.7 Å². The average Bonchev–Trinajstić information content (AvgIpc) is 3.57. The Morgan fingerprint density at radius 1 is 0.583 bits per heavy atom. The first-order valence-electron chi connectivity index (χ1n) is 16.8. The summed E-state index contributed by atoms with van der Waals surface area (Å²) in [6, 6.07) is 47.7. The van der Waals surface area contributed by atoms with Gasteiger partial charge in [-0.25, -0.2) is 0 Å².